The standard InChI is InChI=1S/C12H15Cl2NO/c1-2-15-10-4-3-7-16-12-9(14)6-5-8(13)11(10)12/h5-6,10,15H,2-4,7H2,1H3. The maximum absolute atomic E-state index is 6.24. The lowest BCUT2D eigenvalue weighted by molar-refractivity contribution is 0.315. The highest BCUT2D eigenvalue weighted by atomic mass is 35.5. The van der Waals surface area contributed by atoms with Gasteiger partial charge in [0.1, 0.15) is 5.75 Å². The normalized spacial score (nSPS) is 19.8. The second-order valence-electron chi connectivity index (χ2n) is 3.87. The molecule has 16 heavy (non-hydrogen) atoms. The van der Waals surface area contributed by atoms with Gasteiger partial charge in [-0.05, 0) is 31.5 Å². The van der Waals surface area contributed by atoms with Crippen molar-refractivity contribution in [2.75, 3.05) is 13.2 Å². The molecule has 2 nitrogen and oxygen atoms in total. The first-order valence-corrected chi connectivity index (χ1v) is 6.33. The van der Waals surface area contributed by atoms with Crippen molar-refractivity contribution in [1.29, 1.82) is 0 Å². The fourth-order valence-corrected chi connectivity index (χ4v) is 2.58. The van der Waals surface area contributed by atoms with E-state index in [9.17, 15) is 0 Å². The van der Waals surface area contributed by atoms with Gasteiger partial charge in [-0.2, -0.15) is 0 Å². The molecule has 0 aromatic heterocycles. The molecule has 0 bridgehead atoms. The van der Waals surface area contributed by atoms with Gasteiger partial charge in [-0.1, -0.05) is 30.1 Å². The highest BCUT2D eigenvalue weighted by Crippen LogP contribution is 2.41. The lowest BCUT2D eigenvalue weighted by Crippen LogP contribution is -2.20. The van der Waals surface area contributed by atoms with Gasteiger partial charge in [0, 0.05) is 16.6 Å². The van der Waals surface area contributed by atoms with Crippen LogP contribution in [0.2, 0.25) is 10.0 Å². The summed E-state index contributed by atoms with van der Waals surface area (Å²) in [5.74, 6) is 0.748. The lowest BCUT2D eigenvalue weighted by Gasteiger charge is -2.19. The van der Waals surface area contributed by atoms with Crippen LogP contribution in [0.1, 0.15) is 31.4 Å². The topological polar surface area (TPSA) is 21.3 Å². The molecule has 1 N–H and O–H groups in total. The monoisotopic (exact) mass is 259 g/mol. The van der Waals surface area contributed by atoms with Crippen molar-refractivity contribution in [2.24, 2.45) is 0 Å². The smallest absolute Gasteiger partial charge is 0.144 e. The minimum atomic E-state index is 0.244. The van der Waals surface area contributed by atoms with E-state index in [1.807, 2.05) is 6.07 Å². The van der Waals surface area contributed by atoms with Gasteiger partial charge in [0.15, 0.2) is 0 Å². The number of hydrogen-bond acceptors (Lipinski definition) is 2. The molecular weight excluding hydrogens is 245 g/mol. The van der Waals surface area contributed by atoms with Crippen LogP contribution in [0.25, 0.3) is 0 Å². The molecule has 4 heteroatoms. The maximum atomic E-state index is 6.24. The molecule has 0 aliphatic carbocycles. The summed E-state index contributed by atoms with van der Waals surface area (Å²) in [6, 6.07) is 3.87. The summed E-state index contributed by atoms with van der Waals surface area (Å²) in [6.45, 7) is 3.70. The fourth-order valence-electron chi connectivity index (χ4n) is 2.08. The number of fused-ring (bicyclic) bond motifs is 1. The molecule has 1 aliphatic rings. The van der Waals surface area contributed by atoms with Crippen LogP contribution in [0.15, 0.2) is 12.1 Å². The molecule has 1 aromatic carbocycles. The number of nitrogens with one attached hydrogen (secondary N) is 1. The van der Waals surface area contributed by atoms with Crippen molar-refractivity contribution >= 4 is 23.2 Å². The Morgan fingerprint density at radius 3 is 2.88 bits per heavy atom. The van der Waals surface area contributed by atoms with Crippen LogP contribution in [0, 0.1) is 0 Å². The van der Waals surface area contributed by atoms with Crippen molar-refractivity contribution in [3.05, 3.63) is 27.7 Å². The van der Waals surface area contributed by atoms with E-state index in [4.69, 9.17) is 27.9 Å². The third kappa shape index (κ3) is 2.29. The fraction of sp³-hybridized carbons (Fsp3) is 0.500. The van der Waals surface area contributed by atoms with Crippen molar-refractivity contribution in [2.45, 2.75) is 25.8 Å². The Labute approximate surface area is 106 Å². The molecule has 2 rings (SSSR count). The number of rotatable bonds is 2. The zero-order chi connectivity index (χ0) is 11.5. The Hall–Kier alpha value is -0.440. The Bertz CT molecular complexity index is 382. The molecule has 0 fully saturated rings. The minimum Gasteiger partial charge on any atom is -0.492 e. The number of halogens is 2. The Balaban J connectivity index is 2.46. The van der Waals surface area contributed by atoms with Crippen LogP contribution >= 0.6 is 23.2 Å². The first kappa shape index (κ1) is 12.0. The predicted molar refractivity (Wildman–Crippen MR) is 67.6 cm³/mol. The Morgan fingerprint density at radius 1 is 1.38 bits per heavy atom. The molecule has 1 aliphatic heterocycles. The molecule has 1 aromatic rings. The maximum Gasteiger partial charge on any atom is 0.144 e. The average Bonchev–Trinajstić information content (AvgIpc) is 2.48. The van der Waals surface area contributed by atoms with Gasteiger partial charge in [0.25, 0.3) is 0 Å². The van der Waals surface area contributed by atoms with Crippen LogP contribution in [-0.2, 0) is 0 Å². The van der Waals surface area contributed by atoms with Gasteiger partial charge in [-0.15, -0.1) is 0 Å². The van der Waals surface area contributed by atoms with Gasteiger partial charge < -0.3 is 10.1 Å². The summed E-state index contributed by atoms with van der Waals surface area (Å²) in [5, 5.41) is 4.80. The summed E-state index contributed by atoms with van der Waals surface area (Å²) in [5.41, 5.74) is 1.01. The Morgan fingerprint density at radius 2 is 2.12 bits per heavy atom. The second kappa shape index (κ2) is 5.26. The van der Waals surface area contributed by atoms with Crippen LogP contribution < -0.4 is 10.1 Å². The Kier molecular flexibility index (Phi) is 3.95. The molecular formula is C12H15Cl2NO. The third-order valence-electron chi connectivity index (χ3n) is 2.78. The third-order valence-corrected chi connectivity index (χ3v) is 3.40. The van der Waals surface area contributed by atoms with Gasteiger partial charge in [0.2, 0.25) is 0 Å². The molecule has 1 atom stereocenters. The largest absolute Gasteiger partial charge is 0.492 e. The molecule has 1 unspecified atom stereocenters. The van der Waals surface area contributed by atoms with E-state index in [1.165, 1.54) is 0 Å². The van der Waals surface area contributed by atoms with E-state index in [0.717, 1.165) is 35.7 Å². The van der Waals surface area contributed by atoms with Crippen molar-refractivity contribution in [3.63, 3.8) is 0 Å². The van der Waals surface area contributed by atoms with Crippen molar-refractivity contribution < 1.29 is 4.74 Å². The SMILES string of the molecule is CCNC1CCCOc2c(Cl)ccc(Cl)c21. The van der Waals surface area contributed by atoms with Crippen molar-refractivity contribution in [1.82, 2.24) is 5.32 Å². The zero-order valence-corrected chi connectivity index (χ0v) is 10.7. The number of ether oxygens (including phenoxy) is 1. The van der Waals surface area contributed by atoms with Gasteiger partial charge in [0.05, 0.1) is 11.6 Å². The van der Waals surface area contributed by atoms with Crippen LogP contribution in [0.5, 0.6) is 5.75 Å². The minimum absolute atomic E-state index is 0.244. The number of benzene rings is 1. The van der Waals surface area contributed by atoms with E-state index in [0.29, 0.717) is 11.6 Å². The highest BCUT2D eigenvalue weighted by Gasteiger charge is 2.23. The van der Waals surface area contributed by atoms with Crippen LogP contribution in [0.4, 0.5) is 0 Å². The summed E-state index contributed by atoms with van der Waals surface area (Å²) < 4.78 is 5.68. The van der Waals surface area contributed by atoms with Gasteiger partial charge in [-0.3, -0.25) is 0 Å². The lowest BCUT2D eigenvalue weighted by atomic mass is 10.0. The molecule has 0 amide bonds. The molecule has 0 radical (unpaired) electrons. The van der Waals surface area contributed by atoms with E-state index in [1.54, 1.807) is 6.07 Å². The molecule has 0 saturated heterocycles. The zero-order valence-electron chi connectivity index (χ0n) is 9.22. The summed E-state index contributed by atoms with van der Waals surface area (Å²) in [4.78, 5) is 0. The summed E-state index contributed by atoms with van der Waals surface area (Å²) >= 11 is 12.4. The van der Waals surface area contributed by atoms with Crippen LogP contribution in [-0.4, -0.2) is 13.2 Å². The highest BCUT2D eigenvalue weighted by molar-refractivity contribution is 6.35. The summed E-state index contributed by atoms with van der Waals surface area (Å²) in [7, 11) is 0. The second-order valence-corrected chi connectivity index (χ2v) is 4.69. The molecule has 88 valence electrons. The molecule has 1 heterocycles. The average molecular weight is 260 g/mol. The molecule has 0 saturated carbocycles. The van der Waals surface area contributed by atoms with E-state index >= 15 is 0 Å². The van der Waals surface area contributed by atoms with Gasteiger partial charge in [-0.25, -0.2) is 0 Å². The van der Waals surface area contributed by atoms with Gasteiger partial charge >= 0.3 is 0 Å². The van der Waals surface area contributed by atoms with E-state index < -0.39 is 0 Å². The van der Waals surface area contributed by atoms with Crippen LogP contribution in [0.3, 0.4) is 0 Å². The number of hydrogen-bond donors (Lipinski definition) is 1. The summed E-state index contributed by atoms with van der Waals surface area (Å²) in [6.07, 6.45) is 2.04. The molecule has 0 spiro atoms. The van der Waals surface area contributed by atoms with E-state index in [-0.39, 0.29) is 6.04 Å². The van der Waals surface area contributed by atoms with Crippen molar-refractivity contribution in [3.8, 4) is 5.75 Å². The first-order valence-electron chi connectivity index (χ1n) is 5.58. The predicted octanol–water partition coefficient (Wildman–Crippen LogP) is 3.82. The van der Waals surface area contributed by atoms with E-state index in [2.05, 4.69) is 12.2 Å². The first-order chi connectivity index (χ1) is 7.74. The quantitative estimate of drug-likeness (QED) is 0.872.